The van der Waals surface area contributed by atoms with Gasteiger partial charge in [0.1, 0.15) is 17.3 Å². The highest BCUT2D eigenvalue weighted by Gasteiger charge is 2.34. The van der Waals surface area contributed by atoms with Gasteiger partial charge in [-0.15, -0.1) is 0 Å². The summed E-state index contributed by atoms with van der Waals surface area (Å²) in [6.07, 6.45) is -7.12. The maximum absolute atomic E-state index is 13.0. The summed E-state index contributed by atoms with van der Waals surface area (Å²) in [5.74, 6) is -2.28. The number of Topliss-reactive ketones (excluding diaryl/α,β-unsaturated/α-hetero) is 1. The van der Waals surface area contributed by atoms with E-state index in [9.17, 15) is 32.0 Å². The Bertz CT molecular complexity index is 1000. The molecule has 0 aliphatic rings. The molecule has 0 radical (unpaired) electrons. The first-order valence-corrected chi connectivity index (χ1v) is 8.26. The third-order valence-corrected chi connectivity index (χ3v) is 3.95. The summed E-state index contributed by atoms with van der Waals surface area (Å²) in [5.41, 5.74) is -3.05. The Kier molecular flexibility index (Phi) is 6.50. The van der Waals surface area contributed by atoms with Crippen LogP contribution in [0.15, 0.2) is 17.1 Å². The Morgan fingerprint density at radius 3 is 2.28 bits per heavy atom. The number of carbonyl (C=O) groups is 1. The van der Waals surface area contributed by atoms with Crippen LogP contribution in [0.2, 0.25) is 10.0 Å². The van der Waals surface area contributed by atoms with Crippen molar-refractivity contribution >= 4 is 41.1 Å². The normalized spacial score (nSPS) is 11.9. The van der Waals surface area contributed by atoms with E-state index >= 15 is 0 Å². The number of benzene rings is 1. The van der Waals surface area contributed by atoms with E-state index in [1.165, 1.54) is 25.1 Å². The van der Waals surface area contributed by atoms with E-state index in [1.807, 2.05) is 0 Å². The van der Waals surface area contributed by atoms with Crippen LogP contribution in [-0.2, 0) is 6.18 Å². The molecule has 0 aliphatic heterocycles. The van der Waals surface area contributed by atoms with Gasteiger partial charge in [0.25, 0.3) is 0 Å². The lowest BCUT2D eigenvalue weighted by Gasteiger charge is -2.13. The van der Waals surface area contributed by atoms with Gasteiger partial charge in [-0.2, -0.15) is 23.5 Å². The van der Waals surface area contributed by atoms with Gasteiger partial charge in [0.15, 0.2) is 11.5 Å². The Labute approximate surface area is 170 Å². The maximum Gasteiger partial charge on any atom is 0.416 e. The van der Waals surface area contributed by atoms with Gasteiger partial charge in [-0.3, -0.25) is 4.79 Å². The second-order valence-corrected chi connectivity index (χ2v) is 6.54. The Balaban J connectivity index is 2.87. The average Bonchev–Trinajstić information content (AvgIpc) is 2.95. The number of carbonyl (C=O) groups excluding carboxylic acids is 1. The van der Waals surface area contributed by atoms with E-state index in [1.54, 1.807) is 0 Å². The predicted octanol–water partition coefficient (Wildman–Crippen LogP) is 4.74. The molecule has 2 aromatic rings. The van der Waals surface area contributed by atoms with Crippen molar-refractivity contribution < 1.29 is 26.7 Å². The topological polar surface area (TPSA) is 74.3 Å². The van der Waals surface area contributed by atoms with E-state index in [2.05, 4.69) is 10.1 Å². The highest BCUT2D eigenvalue weighted by atomic mass is 35.5. The van der Waals surface area contributed by atoms with Gasteiger partial charge in [-0.1, -0.05) is 23.2 Å². The molecule has 0 N–H and O–H groups in total. The zero-order valence-electron chi connectivity index (χ0n) is 14.6. The number of ketones is 1. The zero-order chi connectivity index (χ0) is 22.1. The van der Waals surface area contributed by atoms with Crippen LogP contribution >= 0.6 is 23.2 Å². The molecule has 2 rings (SSSR count). The first-order chi connectivity index (χ1) is 13.4. The van der Waals surface area contributed by atoms with Crippen LogP contribution in [-0.4, -0.2) is 47.3 Å². The highest BCUT2D eigenvalue weighted by molar-refractivity contribution is 6.38. The van der Waals surface area contributed by atoms with Gasteiger partial charge in [-0.25, -0.2) is 18.5 Å². The number of halogens is 7. The molecule has 29 heavy (non-hydrogen) atoms. The summed E-state index contributed by atoms with van der Waals surface area (Å²) in [6, 6.07) is 2.58. The number of alkyl halides is 5. The van der Waals surface area contributed by atoms with Gasteiger partial charge >= 0.3 is 12.6 Å². The van der Waals surface area contributed by atoms with Gasteiger partial charge in [0, 0.05) is 14.1 Å². The molecule has 0 aliphatic carbocycles. The Morgan fingerprint density at radius 1 is 1.31 bits per heavy atom. The minimum Gasteiger partial charge on any atom is -0.369 e. The van der Waals surface area contributed by atoms with E-state index in [4.69, 9.17) is 23.2 Å². The van der Waals surface area contributed by atoms with Crippen LogP contribution < -0.4 is 0 Å². The molecule has 6 nitrogen and oxygen atoms in total. The molecule has 0 saturated carbocycles. The largest absolute Gasteiger partial charge is 0.416 e. The number of aliphatic imine (C=N–C) groups is 1. The molecule has 0 fully saturated rings. The fourth-order valence-corrected chi connectivity index (χ4v) is 2.85. The molecule has 0 atom stereocenters. The number of nitriles is 1. The number of aromatic nitrogens is 2. The van der Waals surface area contributed by atoms with Crippen LogP contribution in [0.5, 0.6) is 0 Å². The van der Waals surface area contributed by atoms with Crippen LogP contribution in [0, 0.1) is 11.3 Å². The SMILES string of the molecule is CN(C)C=Nc1c(C(=O)C(F)F)c(C#N)nn1-c1c(Cl)cc(C(F)(F)F)cc1Cl. The molecule has 1 heterocycles. The van der Waals surface area contributed by atoms with Crippen molar-refractivity contribution in [2.24, 2.45) is 4.99 Å². The second kappa shape index (κ2) is 8.34. The lowest BCUT2D eigenvalue weighted by Crippen LogP contribution is -2.12. The molecule has 0 spiro atoms. The lowest BCUT2D eigenvalue weighted by atomic mass is 10.1. The molecule has 154 valence electrons. The first-order valence-electron chi connectivity index (χ1n) is 7.51. The second-order valence-electron chi connectivity index (χ2n) is 5.73. The molecule has 1 aromatic carbocycles. The number of hydrogen-bond acceptors (Lipinski definition) is 4. The lowest BCUT2D eigenvalue weighted by molar-refractivity contribution is -0.137. The number of nitrogens with zero attached hydrogens (tertiary/aromatic N) is 5. The van der Waals surface area contributed by atoms with E-state index < -0.39 is 51.1 Å². The van der Waals surface area contributed by atoms with Crippen molar-refractivity contribution in [3.05, 3.63) is 39.0 Å². The molecule has 13 heteroatoms. The predicted molar refractivity (Wildman–Crippen MR) is 95.5 cm³/mol. The summed E-state index contributed by atoms with van der Waals surface area (Å²) in [6.45, 7) is 0. The van der Waals surface area contributed by atoms with Crippen LogP contribution in [0.4, 0.5) is 27.8 Å². The standard InChI is InChI=1S/C16H10Cl2F5N5O/c1-27(2)6-25-15-11(13(29)14(19)20)10(5-24)26-28(15)12-8(17)3-7(4-9(12)18)16(21,22)23/h3-4,6,14H,1-2H3. The van der Waals surface area contributed by atoms with Crippen LogP contribution in [0.25, 0.3) is 5.69 Å². The van der Waals surface area contributed by atoms with Crippen LogP contribution in [0.1, 0.15) is 21.6 Å². The molecule has 0 bridgehead atoms. The molecular weight excluding hydrogens is 444 g/mol. The molecule has 0 saturated heterocycles. The monoisotopic (exact) mass is 453 g/mol. The maximum atomic E-state index is 13.0. The summed E-state index contributed by atoms with van der Waals surface area (Å²) < 4.78 is 65.6. The third-order valence-electron chi connectivity index (χ3n) is 3.38. The average molecular weight is 454 g/mol. The smallest absolute Gasteiger partial charge is 0.369 e. The zero-order valence-corrected chi connectivity index (χ0v) is 16.1. The quantitative estimate of drug-likeness (QED) is 0.283. The van der Waals surface area contributed by atoms with Gasteiger partial charge in [0.2, 0.25) is 5.78 Å². The fourth-order valence-electron chi connectivity index (χ4n) is 2.20. The van der Waals surface area contributed by atoms with Gasteiger partial charge in [0.05, 0.1) is 21.9 Å². The van der Waals surface area contributed by atoms with E-state index in [0.29, 0.717) is 16.8 Å². The fraction of sp³-hybridized carbons (Fsp3) is 0.250. The number of hydrogen-bond donors (Lipinski definition) is 0. The Morgan fingerprint density at radius 2 is 1.86 bits per heavy atom. The molecule has 1 aromatic heterocycles. The first kappa shape index (κ1) is 22.6. The molecular formula is C16H10Cl2F5N5O. The van der Waals surface area contributed by atoms with E-state index in [-0.39, 0.29) is 5.69 Å². The van der Waals surface area contributed by atoms with Gasteiger partial charge in [-0.05, 0) is 12.1 Å². The minimum atomic E-state index is -4.75. The number of rotatable bonds is 5. The van der Waals surface area contributed by atoms with E-state index in [0.717, 1.165) is 6.34 Å². The van der Waals surface area contributed by atoms with Crippen molar-refractivity contribution in [3.63, 3.8) is 0 Å². The summed E-state index contributed by atoms with van der Waals surface area (Å²) >= 11 is 11.9. The molecule has 0 unspecified atom stereocenters. The summed E-state index contributed by atoms with van der Waals surface area (Å²) in [5, 5.41) is 11.8. The van der Waals surface area contributed by atoms with Crippen molar-refractivity contribution in [2.75, 3.05) is 14.1 Å². The van der Waals surface area contributed by atoms with Crippen molar-refractivity contribution in [2.45, 2.75) is 12.6 Å². The van der Waals surface area contributed by atoms with Crippen molar-refractivity contribution in [3.8, 4) is 11.8 Å². The van der Waals surface area contributed by atoms with Gasteiger partial charge < -0.3 is 4.90 Å². The van der Waals surface area contributed by atoms with Crippen molar-refractivity contribution in [1.29, 1.82) is 5.26 Å². The summed E-state index contributed by atoms with van der Waals surface area (Å²) in [7, 11) is 3.06. The Hall–Kier alpha value is -2.71. The third kappa shape index (κ3) is 4.65. The van der Waals surface area contributed by atoms with Crippen molar-refractivity contribution in [1.82, 2.24) is 14.7 Å². The van der Waals surface area contributed by atoms with Crippen LogP contribution in [0.3, 0.4) is 0 Å². The molecule has 0 amide bonds. The minimum absolute atomic E-state index is 0.364. The highest BCUT2D eigenvalue weighted by Crippen LogP contribution is 2.40. The summed E-state index contributed by atoms with van der Waals surface area (Å²) in [4.78, 5) is 17.2.